The molecular formula is C15H8F14N2O2. The number of nitrogens with one attached hydrogen (secondary N) is 2. The fourth-order valence-electron chi connectivity index (χ4n) is 1.89. The van der Waals surface area contributed by atoms with Gasteiger partial charge in [0.15, 0.2) is 0 Å². The molecule has 0 radical (unpaired) electrons. The van der Waals surface area contributed by atoms with Crippen LogP contribution in [0.3, 0.4) is 0 Å². The number of benzene rings is 1. The second-order valence-corrected chi connectivity index (χ2v) is 6.23. The molecule has 1 rings (SSSR count). The molecule has 0 bridgehead atoms. The molecule has 0 fully saturated rings. The second kappa shape index (κ2) is 8.19. The van der Waals surface area contributed by atoms with Crippen LogP contribution in [-0.4, -0.2) is 47.9 Å². The van der Waals surface area contributed by atoms with Gasteiger partial charge in [0, 0.05) is 11.4 Å². The summed E-state index contributed by atoms with van der Waals surface area (Å²) in [6, 6.07) is 1.30. The molecule has 0 aliphatic heterocycles. The molecule has 0 heterocycles. The molecule has 2 amide bonds. The molecule has 0 unspecified atom stereocenters. The Morgan fingerprint density at radius 2 is 1.00 bits per heavy atom. The number of hydrogen-bond donors (Lipinski definition) is 2. The van der Waals surface area contributed by atoms with Gasteiger partial charge in [0.25, 0.3) is 0 Å². The zero-order chi connectivity index (χ0) is 26.4. The highest BCUT2D eigenvalue weighted by atomic mass is 19.4. The molecule has 0 aliphatic rings. The van der Waals surface area contributed by atoms with Gasteiger partial charge in [-0.2, -0.15) is 61.5 Å². The quantitative estimate of drug-likeness (QED) is 0.491. The van der Waals surface area contributed by atoms with Crippen LogP contribution in [0.4, 0.5) is 72.8 Å². The van der Waals surface area contributed by atoms with Crippen molar-refractivity contribution in [1.82, 2.24) is 0 Å². The molecule has 0 atom stereocenters. The zero-order valence-electron chi connectivity index (χ0n) is 15.3. The first kappa shape index (κ1) is 28.2. The number of aryl methyl sites for hydroxylation is 1. The molecular weight excluding hydrogens is 506 g/mol. The smallest absolute Gasteiger partial charge is 0.321 e. The Kier molecular flexibility index (Phi) is 7.00. The number of carbonyl (C=O) groups is 2. The maximum absolute atomic E-state index is 13.4. The third kappa shape index (κ3) is 4.92. The third-order valence-electron chi connectivity index (χ3n) is 3.81. The van der Waals surface area contributed by atoms with E-state index in [0.29, 0.717) is 12.1 Å². The van der Waals surface area contributed by atoms with Crippen molar-refractivity contribution in [2.75, 3.05) is 10.6 Å². The van der Waals surface area contributed by atoms with E-state index in [0.717, 1.165) is 17.6 Å². The van der Waals surface area contributed by atoms with E-state index >= 15 is 0 Å². The van der Waals surface area contributed by atoms with Crippen LogP contribution in [-0.2, 0) is 9.59 Å². The van der Waals surface area contributed by atoms with Crippen LogP contribution in [0, 0.1) is 6.92 Å². The number of hydrogen-bond acceptors (Lipinski definition) is 2. The average Bonchev–Trinajstić information content (AvgIpc) is 2.61. The highest BCUT2D eigenvalue weighted by Crippen LogP contribution is 2.48. The molecule has 1 aromatic rings. The van der Waals surface area contributed by atoms with Crippen LogP contribution in [0.1, 0.15) is 5.56 Å². The first-order valence-electron chi connectivity index (χ1n) is 7.79. The van der Waals surface area contributed by atoms with Gasteiger partial charge in [-0.25, -0.2) is 0 Å². The van der Waals surface area contributed by atoms with E-state index in [-0.39, 0.29) is 6.07 Å². The largest absolute Gasteiger partial charge is 0.460 e. The van der Waals surface area contributed by atoms with E-state index in [2.05, 4.69) is 0 Å². The van der Waals surface area contributed by atoms with E-state index < -0.39 is 64.8 Å². The van der Waals surface area contributed by atoms with E-state index in [1.54, 1.807) is 0 Å². The summed E-state index contributed by atoms with van der Waals surface area (Å²) in [7, 11) is 0. The topological polar surface area (TPSA) is 58.2 Å². The Hall–Kier alpha value is -2.82. The van der Waals surface area contributed by atoms with Crippen molar-refractivity contribution >= 4 is 23.2 Å². The molecule has 0 saturated carbocycles. The van der Waals surface area contributed by atoms with Gasteiger partial charge in [0.1, 0.15) is 0 Å². The van der Waals surface area contributed by atoms with Crippen molar-refractivity contribution in [2.24, 2.45) is 0 Å². The summed E-state index contributed by atoms with van der Waals surface area (Å²) in [6.07, 6.45) is -13.8. The number of halogens is 14. The fraction of sp³-hybridized carbons (Fsp3) is 0.467. The lowest BCUT2D eigenvalue weighted by atomic mass is 10.1. The first-order valence-corrected chi connectivity index (χ1v) is 7.79. The molecule has 2 N–H and O–H groups in total. The minimum absolute atomic E-state index is 0.148. The van der Waals surface area contributed by atoms with E-state index in [1.807, 2.05) is 0 Å². The molecule has 0 spiro atoms. The van der Waals surface area contributed by atoms with Gasteiger partial charge in [0.05, 0.1) is 0 Å². The van der Waals surface area contributed by atoms with E-state index in [9.17, 15) is 71.1 Å². The minimum atomic E-state index is -6.88. The van der Waals surface area contributed by atoms with Gasteiger partial charge in [-0.3, -0.25) is 9.59 Å². The summed E-state index contributed by atoms with van der Waals surface area (Å²) in [5, 5.41) is 1.76. The van der Waals surface area contributed by atoms with Crippen molar-refractivity contribution in [2.45, 2.75) is 43.0 Å². The molecule has 33 heavy (non-hydrogen) atoms. The van der Waals surface area contributed by atoms with Crippen LogP contribution >= 0.6 is 0 Å². The normalized spacial score (nSPS) is 14.2. The van der Waals surface area contributed by atoms with Gasteiger partial charge >= 0.3 is 47.9 Å². The number of amides is 2. The molecule has 0 aliphatic carbocycles. The number of carbonyl (C=O) groups excluding carboxylic acids is 2. The van der Waals surface area contributed by atoms with Gasteiger partial charge in [-0.1, -0.05) is 6.07 Å². The van der Waals surface area contributed by atoms with Crippen LogP contribution in [0.5, 0.6) is 0 Å². The number of rotatable bonds is 6. The summed E-state index contributed by atoms with van der Waals surface area (Å²) >= 11 is 0. The lowest BCUT2D eigenvalue weighted by Crippen LogP contribution is -2.58. The maximum atomic E-state index is 13.4. The van der Waals surface area contributed by atoms with Gasteiger partial charge in [-0.15, -0.1) is 0 Å². The predicted octanol–water partition coefficient (Wildman–Crippen LogP) is 5.54. The average molecular weight is 514 g/mol. The molecule has 18 heteroatoms. The van der Waals surface area contributed by atoms with Crippen LogP contribution < -0.4 is 10.6 Å². The molecule has 188 valence electrons. The van der Waals surface area contributed by atoms with E-state index in [4.69, 9.17) is 0 Å². The van der Waals surface area contributed by atoms with Crippen molar-refractivity contribution in [3.8, 4) is 0 Å². The molecule has 4 nitrogen and oxygen atoms in total. The van der Waals surface area contributed by atoms with Gasteiger partial charge in [-0.05, 0) is 24.6 Å². The fourth-order valence-corrected chi connectivity index (χ4v) is 1.89. The maximum Gasteiger partial charge on any atom is 0.460 e. The van der Waals surface area contributed by atoms with Crippen LogP contribution in [0.25, 0.3) is 0 Å². The van der Waals surface area contributed by atoms with Crippen molar-refractivity contribution in [3.63, 3.8) is 0 Å². The Morgan fingerprint density at radius 1 is 0.636 bits per heavy atom. The van der Waals surface area contributed by atoms with Crippen molar-refractivity contribution in [1.29, 1.82) is 0 Å². The highest BCUT2D eigenvalue weighted by molar-refractivity contribution is 6.00. The number of anilines is 2. The third-order valence-corrected chi connectivity index (χ3v) is 3.81. The summed E-state index contributed by atoms with van der Waals surface area (Å²) in [6.45, 7) is 0.896. The molecule has 1 aromatic carbocycles. The van der Waals surface area contributed by atoms with Crippen molar-refractivity contribution in [3.05, 3.63) is 23.8 Å². The lowest BCUT2D eigenvalue weighted by Gasteiger charge is -2.27. The van der Waals surface area contributed by atoms with E-state index in [1.165, 1.54) is 0 Å². The first-order chi connectivity index (χ1) is 14.4. The van der Waals surface area contributed by atoms with Crippen LogP contribution in [0.15, 0.2) is 18.2 Å². The minimum Gasteiger partial charge on any atom is -0.321 e. The Labute approximate surface area is 172 Å². The SMILES string of the molecule is Cc1ccc(NC(=O)C(F)(F)C(F)(F)C(F)(F)F)cc1NC(=O)C(F)(F)C(F)(F)C(F)(F)F. The number of alkyl halides is 14. The Morgan fingerprint density at radius 3 is 1.36 bits per heavy atom. The standard InChI is InChI=1S/C15H8F14N2O2/c1-5-2-3-6(30-8(32)10(16,17)12(20,21)14(24,25)26)4-7(5)31-9(33)11(18,19)13(22,23)15(27,28)29/h2-4H,1H3,(H,30,32)(H,31,33). The predicted molar refractivity (Wildman–Crippen MR) is 80.3 cm³/mol. The molecule has 0 saturated heterocycles. The summed E-state index contributed by atoms with van der Waals surface area (Å²) in [4.78, 5) is 22.6. The summed E-state index contributed by atoms with van der Waals surface area (Å²) in [5.41, 5.74) is -2.68. The Bertz CT molecular complexity index is 920. The van der Waals surface area contributed by atoms with Gasteiger partial charge < -0.3 is 10.6 Å². The highest BCUT2D eigenvalue weighted by Gasteiger charge is 2.77. The molecule has 0 aromatic heterocycles. The Balaban J connectivity index is 3.23. The van der Waals surface area contributed by atoms with Crippen LogP contribution in [0.2, 0.25) is 0 Å². The van der Waals surface area contributed by atoms with Gasteiger partial charge in [0.2, 0.25) is 0 Å². The lowest BCUT2D eigenvalue weighted by molar-refractivity contribution is -0.343. The zero-order valence-corrected chi connectivity index (χ0v) is 15.3. The van der Waals surface area contributed by atoms with Crippen molar-refractivity contribution < 1.29 is 71.1 Å². The summed E-state index contributed by atoms with van der Waals surface area (Å²) < 4.78 is 178. The second-order valence-electron chi connectivity index (χ2n) is 6.23. The summed E-state index contributed by atoms with van der Waals surface area (Å²) in [5.74, 6) is -33.0. The monoisotopic (exact) mass is 514 g/mol.